The number of carbonyl (C=O) groups excluding carboxylic acids is 2. The molecule has 0 spiro atoms. The normalized spacial score (nSPS) is 36.0. The number of rotatable bonds is 2. The number of hydrogen-bond acceptors (Lipinski definition) is 3. The molecule has 2 bridgehead atoms. The smallest absolute Gasteiger partial charge is 0.227 e. The summed E-state index contributed by atoms with van der Waals surface area (Å²) in [6.07, 6.45) is 5.32. The van der Waals surface area contributed by atoms with E-state index >= 15 is 0 Å². The molecular formula is C16H27N3O2. The molecule has 2 amide bonds. The van der Waals surface area contributed by atoms with Gasteiger partial charge in [0.15, 0.2) is 0 Å². The summed E-state index contributed by atoms with van der Waals surface area (Å²) in [6, 6.07) is 0.356. The van der Waals surface area contributed by atoms with Crippen molar-refractivity contribution >= 4 is 11.8 Å². The zero-order valence-electron chi connectivity index (χ0n) is 13.1. The Bertz CT molecular complexity index is 429. The fourth-order valence-corrected chi connectivity index (χ4v) is 4.64. The maximum atomic E-state index is 12.8. The second-order valence-corrected chi connectivity index (χ2v) is 7.12. The van der Waals surface area contributed by atoms with Crippen LogP contribution in [0.5, 0.6) is 0 Å². The van der Waals surface area contributed by atoms with Gasteiger partial charge >= 0.3 is 0 Å². The van der Waals surface area contributed by atoms with Crippen molar-refractivity contribution in [2.75, 3.05) is 20.1 Å². The first-order valence-electron chi connectivity index (χ1n) is 8.26. The molecule has 1 aliphatic heterocycles. The number of amides is 2. The molecular weight excluding hydrogens is 266 g/mol. The molecule has 3 aliphatic rings. The highest BCUT2D eigenvalue weighted by atomic mass is 16.2. The van der Waals surface area contributed by atoms with Crippen molar-refractivity contribution < 1.29 is 9.59 Å². The number of likely N-dealkylation sites (tertiary alicyclic amines) is 1. The molecule has 3 fully saturated rings. The van der Waals surface area contributed by atoms with Crippen LogP contribution in [0.3, 0.4) is 0 Å². The van der Waals surface area contributed by atoms with Crippen LogP contribution in [-0.2, 0) is 9.59 Å². The summed E-state index contributed by atoms with van der Waals surface area (Å²) in [6.45, 7) is 3.13. The van der Waals surface area contributed by atoms with Gasteiger partial charge in [0.2, 0.25) is 11.8 Å². The Labute approximate surface area is 126 Å². The second-order valence-electron chi connectivity index (χ2n) is 7.12. The van der Waals surface area contributed by atoms with E-state index < -0.39 is 0 Å². The summed E-state index contributed by atoms with van der Waals surface area (Å²) in [5, 5.41) is 0. The number of fused-ring (bicyclic) bond motifs is 2. The molecule has 5 nitrogen and oxygen atoms in total. The highest BCUT2D eigenvalue weighted by molar-refractivity contribution is 5.80. The molecule has 3 rings (SSSR count). The first-order chi connectivity index (χ1) is 9.99. The van der Waals surface area contributed by atoms with Crippen molar-refractivity contribution in [1.82, 2.24) is 9.80 Å². The predicted octanol–water partition coefficient (Wildman–Crippen LogP) is 0.829. The molecule has 118 valence electrons. The van der Waals surface area contributed by atoms with E-state index in [1.54, 1.807) is 6.92 Å². The maximum absolute atomic E-state index is 12.8. The van der Waals surface area contributed by atoms with Crippen LogP contribution in [-0.4, -0.2) is 53.8 Å². The van der Waals surface area contributed by atoms with Gasteiger partial charge in [-0.3, -0.25) is 9.59 Å². The summed E-state index contributed by atoms with van der Waals surface area (Å²) in [4.78, 5) is 28.0. The number of nitrogens with zero attached hydrogens (tertiary/aromatic N) is 2. The van der Waals surface area contributed by atoms with E-state index in [9.17, 15) is 9.59 Å². The molecule has 2 N–H and O–H groups in total. The second kappa shape index (κ2) is 5.59. The summed E-state index contributed by atoms with van der Waals surface area (Å²) in [5.74, 6) is 1.54. The minimum atomic E-state index is 0.0610. The lowest BCUT2D eigenvalue weighted by atomic mass is 9.83. The Hall–Kier alpha value is -1.10. The highest BCUT2D eigenvalue weighted by Crippen LogP contribution is 2.48. The Morgan fingerprint density at radius 1 is 1.10 bits per heavy atom. The van der Waals surface area contributed by atoms with Gasteiger partial charge in [-0.15, -0.1) is 0 Å². The molecule has 4 atom stereocenters. The monoisotopic (exact) mass is 293 g/mol. The summed E-state index contributed by atoms with van der Waals surface area (Å²) in [5.41, 5.74) is 6.29. The van der Waals surface area contributed by atoms with Crippen molar-refractivity contribution in [2.24, 2.45) is 23.5 Å². The fourth-order valence-electron chi connectivity index (χ4n) is 4.64. The van der Waals surface area contributed by atoms with Gasteiger partial charge in [0.25, 0.3) is 0 Å². The Balaban J connectivity index is 1.57. The van der Waals surface area contributed by atoms with E-state index in [0.717, 1.165) is 32.4 Å². The number of nitrogens with two attached hydrogens (primary N) is 1. The van der Waals surface area contributed by atoms with E-state index in [1.165, 1.54) is 12.8 Å². The molecule has 1 saturated heterocycles. The zero-order valence-corrected chi connectivity index (χ0v) is 13.1. The highest BCUT2D eigenvalue weighted by Gasteiger charge is 2.50. The van der Waals surface area contributed by atoms with Crippen LogP contribution in [0.2, 0.25) is 0 Å². The van der Waals surface area contributed by atoms with Crippen LogP contribution in [0.25, 0.3) is 0 Å². The van der Waals surface area contributed by atoms with Gasteiger partial charge in [-0.25, -0.2) is 0 Å². The lowest BCUT2D eigenvalue weighted by Gasteiger charge is -2.39. The zero-order chi connectivity index (χ0) is 15.1. The Kier molecular flexibility index (Phi) is 3.95. The molecule has 4 unspecified atom stereocenters. The minimum absolute atomic E-state index is 0.0610. The third-order valence-corrected chi connectivity index (χ3v) is 6.09. The van der Waals surface area contributed by atoms with E-state index in [4.69, 9.17) is 5.73 Å². The molecule has 1 heterocycles. The van der Waals surface area contributed by atoms with Crippen LogP contribution < -0.4 is 5.73 Å². The first-order valence-corrected chi connectivity index (χ1v) is 8.26. The predicted molar refractivity (Wildman–Crippen MR) is 80.3 cm³/mol. The van der Waals surface area contributed by atoms with E-state index in [-0.39, 0.29) is 29.8 Å². The molecule has 0 aromatic carbocycles. The van der Waals surface area contributed by atoms with Crippen molar-refractivity contribution in [1.29, 1.82) is 0 Å². The molecule has 21 heavy (non-hydrogen) atoms. The first kappa shape index (κ1) is 14.8. The molecule has 2 saturated carbocycles. The van der Waals surface area contributed by atoms with Crippen molar-refractivity contribution in [2.45, 2.75) is 51.1 Å². The molecule has 0 aromatic rings. The van der Waals surface area contributed by atoms with Crippen molar-refractivity contribution in [3.05, 3.63) is 0 Å². The largest absolute Gasteiger partial charge is 0.343 e. The lowest BCUT2D eigenvalue weighted by Crippen LogP contribution is -2.52. The van der Waals surface area contributed by atoms with Crippen LogP contribution in [0.1, 0.15) is 39.0 Å². The Morgan fingerprint density at radius 2 is 1.71 bits per heavy atom. The fraction of sp³-hybridized carbons (Fsp3) is 0.875. The van der Waals surface area contributed by atoms with Crippen molar-refractivity contribution in [3.8, 4) is 0 Å². The molecule has 0 radical (unpaired) electrons. The lowest BCUT2D eigenvalue weighted by molar-refractivity contribution is -0.140. The van der Waals surface area contributed by atoms with Gasteiger partial charge in [0, 0.05) is 39.1 Å². The number of piperidine rings is 1. The van der Waals surface area contributed by atoms with Gasteiger partial charge in [-0.05, 0) is 43.9 Å². The topological polar surface area (TPSA) is 66.6 Å². The standard InChI is InChI=1S/C16H27N3O2/c1-10(20)18(2)13-5-7-19(8-6-13)16(21)14-11-3-4-12(9-11)15(14)17/h11-15H,3-9,17H2,1-2H3. The Morgan fingerprint density at radius 3 is 2.24 bits per heavy atom. The average molecular weight is 293 g/mol. The van der Waals surface area contributed by atoms with Gasteiger partial charge in [0.1, 0.15) is 0 Å². The van der Waals surface area contributed by atoms with Crippen LogP contribution >= 0.6 is 0 Å². The third-order valence-electron chi connectivity index (χ3n) is 6.09. The summed E-state index contributed by atoms with van der Waals surface area (Å²) in [7, 11) is 1.86. The van der Waals surface area contributed by atoms with Gasteiger partial charge in [0.05, 0.1) is 5.92 Å². The van der Waals surface area contributed by atoms with E-state index in [2.05, 4.69) is 0 Å². The third kappa shape index (κ3) is 2.56. The quantitative estimate of drug-likeness (QED) is 0.820. The van der Waals surface area contributed by atoms with Gasteiger partial charge in [-0.1, -0.05) is 0 Å². The molecule has 0 aromatic heterocycles. The summed E-state index contributed by atoms with van der Waals surface area (Å²) < 4.78 is 0. The number of hydrogen-bond donors (Lipinski definition) is 1. The van der Waals surface area contributed by atoms with Crippen LogP contribution in [0.15, 0.2) is 0 Å². The maximum Gasteiger partial charge on any atom is 0.227 e. The SMILES string of the molecule is CC(=O)N(C)C1CCN(C(=O)C2C3CCC(C3)C2N)CC1. The molecule has 5 heteroatoms. The van der Waals surface area contributed by atoms with Gasteiger partial charge < -0.3 is 15.5 Å². The van der Waals surface area contributed by atoms with Crippen molar-refractivity contribution in [3.63, 3.8) is 0 Å². The van der Waals surface area contributed by atoms with Crippen LogP contribution in [0.4, 0.5) is 0 Å². The van der Waals surface area contributed by atoms with Crippen LogP contribution in [0, 0.1) is 17.8 Å². The van der Waals surface area contributed by atoms with Gasteiger partial charge in [-0.2, -0.15) is 0 Å². The molecule has 2 aliphatic carbocycles. The number of carbonyl (C=O) groups is 2. The summed E-state index contributed by atoms with van der Waals surface area (Å²) >= 11 is 0. The van der Waals surface area contributed by atoms with E-state index in [1.807, 2.05) is 16.8 Å². The average Bonchev–Trinajstić information content (AvgIpc) is 3.07. The van der Waals surface area contributed by atoms with E-state index in [0.29, 0.717) is 11.8 Å². The minimum Gasteiger partial charge on any atom is -0.343 e.